The molecule has 1 amide bonds. The molecule has 1 aromatic heterocycles. The van der Waals surface area contributed by atoms with Gasteiger partial charge in [0.2, 0.25) is 15.9 Å². The molecule has 0 unspecified atom stereocenters. The number of nitrogens with one attached hydrogen (secondary N) is 1. The Labute approximate surface area is 112 Å². The van der Waals surface area contributed by atoms with Gasteiger partial charge in [-0.1, -0.05) is 0 Å². The molecule has 1 aromatic rings. The van der Waals surface area contributed by atoms with Gasteiger partial charge in [0, 0.05) is 33.4 Å². The number of sulfonamides is 1. The van der Waals surface area contributed by atoms with Crippen molar-refractivity contribution in [1.82, 2.24) is 14.2 Å². The summed E-state index contributed by atoms with van der Waals surface area (Å²) in [5.74, 6) is 0.0820. The van der Waals surface area contributed by atoms with Gasteiger partial charge in [-0.15, -0.1) is 0 Å². The normalized spacial score (nSPS) is 17.6. The van der Waals surface area contributed by atoms with Crippen LogP contribution in [0.5, 0.6) is 0 Å². The van der Waals surface area contributed by atoms with Crippen LogP contribution in [0.25, 0.3) is 0 Å². The van der Waals surface area contributed by atoms with Gasteiger partial charge in [-0.2, -0.15) is 4.31 Å². The minimum Gasteiger partial charge on any atom is -0.372 e. The molecular formula is C11H16N4O3S. The summed E-state index contributed by atoms with van der Waals surface area (Å²) < 4.78 is 26.2. The number of piperazine rings is 1. The third kappa shape index (κ3) is 2.54. The van der Waals surface area contributed by atoms with Gasteiger partial charge >= 0.3 is 0 Å². The molecule has 2 rings (SSSR count). The molecule has 19 heavy (non-hydrogen) atoms. The first-order valence-electron chi connectivity index (χ1n) is 5.83. The molecule has 8 heteroatoms. The first kappa shape index (κ1) is 13.8. The number of hydrogen-bond donors (Lipinski definition) is 1. The van der Waals surface area contributed by atoms with Crippen LogP contribution >= 0.6 is 0 Å². The fourth-order valence-corrected chi connectivity index (χ4v) is 3.40. The molecule has 0 aliphatic carbocycles. The lowest BCUT2D eigenvalue weighted by Gasteiger charge is -2.31. The van der Waals surface area contributed by atoms with Crippen molar-refractivity contribution in [1.29, 1.82) is 0 Å². The Balaban J connectivity index is 2.35. The maximum Gasteiger partial charge on any atom is 0.247 e. The highest BCUT2D eigenvalue weighted by molar-refractivity contribution is 7.89. The standard InChI is InChI=1S/C11H16N4O3S/c1-12-11-9(4-3-5-13-11)19(17,18)15-7-6-14(2)10(16)8-15/h3-5H,6-8H2,1-2H3,(H,12,13). The maximum absolute atomic E-state index is 12.5. The fourth-order valence-electron chi connectivity index (χ4n) is 1.87. The molecule has 0 atom stereocenters. The van der Waals surface area contributed by atoms with Gasteiger partial charge in [0.15, 0.2) is 0 Å². The van der Waals surface area contributed by atoms with E-state index in [1.165, 1.54) is 21.5 Å². The molecule has 1 N–H and O–H groups in total. The molecule has 0 spiro atoms. The lowest BCUT2D eigenvalue weighted by atomic mass is 10.4. The van der Waals surface area contributed by atoms with Gasteiger partial charge in [-0.25, -0.2) is 13.4 Å². The smallest absolute Gasteiger partial charge is 0.247 e. The second-order valence-electron chi connectivity index (χ2n) is 4.25. The summed E-state index contributed by atoms with van der Waals surface area (Å²) in [7, 11) is -0.431. The lowest BCUT2D eigenvalue weighted by Crippen LogP contribution is -2.50. The highest BCUT2D eigenvalue weighted by Gasteiger charge is 2.33. The van der Waals surface area contributed by atoms with E-state index >= 15 is 0 Å². The van der Waals surface area contributed by atoms with Crippen LogP contribution in [0.1, 0.15) is 0 Å². The molecule has 0 radical (unpaired) electrons. The summed E-state index contributed by atoms with van der Waals surface area (Å²) in [4.78, 5) is 17.2. The Morgan fingerprint density at radius 3 is 2.74 bits per heavy atom. The van der Waals surface area contributed by atoms with Gasteiger partial charge in [-0.05, 0) is 12.1 Å². The molecule has 1 fully saturated rings. The largest absolute Gasteiger partial charge is 0.372 e. The number of anilines is 1. The Kier molecular flexibility index (Phi) is 3.72. The number of nitrogens with zero attached hydrogens (tertiary/aromatic N) is 3. The number of carbonyl (C=O) groups excluding carboxylic acids is 1. The Bertz CT molecular complexity index is 587. The third-order valence-corrected chi connectivity index (χ3v) is 4.92. The van der Waals surface area contributed by atoms with Gasteiger partial charge in [0.1, 0.15) is 10.7 Å². The summed E-state index contributed by atoms with van der Waals surface area (Å²) in [6.45, 7) is 0.562. The third-order valence-electron chi connectivity index (χ3n) is 3.05. The Morgan fingerprint density at radius 2 is 2.11 bits per heavy atom. The number of pyridine rings is 1. The molecule has 1 saturated heterocycles. The minimum atomic E-state index is -3.70. The summed E-state index contributed by atoms with van der Waals surface area (Å²) >= 11 is 0. The van der Waals surface area contributed by atoms with Crippen molar-refractivity contribution in [2.45, 2.75) is 4.90 Å². The predicted molar refractivity (Wildman–Crippen MR) is 70.2 cm³/mol. The maximum atomic E-state index is 12.5. The van der Waals surface area contributed by atoms with E-state index in [0.717, 1.165) is 0 Å². The first-order chi connectivity index (χ1) is 8.96. The summed E-state index contributed by atoms with van der Waals surface area (Å²) in [5, 5.41) is 2.75. The van der Waals surface area contributed by atoms with Crippen molar-refractivity contribution in [2.24, 2.45) is 0 Å². The average molecular weight is 284 g/mol. The Morgan fingerprint density at radius 1 is 1.37 bits per heavy atom. The zero-order valence-electron chi connectivity index (χ0n) is 10.8. The van der Waals surface area contributed by atoms with Crippen molar-refractivity contribution >= 4 is 21.7 Å². The topological polar surface area (TPSA) is 82.6 Å². The minimum absolute atomic E-state index is 0.0925. The van der Waals surface area contributed by atoms with Gasteiger partial charge in [0.05, 0.1) is 6.54 Å². The highest BCUT2D eigenvalue weighted by atomic mass is 32.2. The molecule has 1 aliphatic heterocycles. The van der Waals surface area contributed by atoms with Crippen molar-refractivity contribution < 1.29 is 13.2 Å². The molecular weight excluding hydrogens is 268 g/mol. The number of aromatic nitrogens is 1. The lowest BCUT2D eigenvalue weighted by molar-refractivity contribution is -0.132. The molecule has 104 valence electrons. The zero-order chi connectivity index (χ0) is 14.0. The summed E-state index contributed by atoms with van der Waals surface area (Å²) in [6.07, 6.45) is 1.51. The van der Waals surface area contributed by atoms with Gasteiger partial charge < -0.3 is 10.2 Å². The van der Waals surface area contributed by atoms with Crippen LogP contribution in [-0.4, -0.2) is 62.2 Å². The number of likely N-dealkylation sites (N-methyl/N-ethyl adjacent to an activating group) is 1. The van der Waals surface area contributed by atoms with Crippen LogP contribution in [-0.2, 0) is 14.8 Å². The summed E-state index contributed by atoms with van der Waals surface area (Å²) in [5.41, 5.74) is 0. The molecule has 1 aliphatic rings. The van der Waals surface area contributed by atoms with E-state index in [2.05, 4.69) is 10.3 Å². The first-order valence-corrected chi connectivity index (χ1v) is 7.27. The highest BCUT2D eigenvalue weighted by Crippen LogP contribution is 2.22. The average Bonchev–Trinajstić information content (AvgIpc) is 2.41. The van der Waals surface area contributed by atoms with Crippen LogP contribution in [0, 0.1) is 0 Å². The van der Waals surface area contributed by atoms with E-state index < -0.39 is 10.0 Å². The van der Waals surface area contributed by atoms with Crippen LogP contribution in [0.4, 0.5) is 5.82 Å². The van der Waals surface area contributed by atoms with Crippen LogP contribution < -0.4 is 5.32 Å². The van der Waals surface area contributed by atoms with E-state index in [9.17, 15) is 13.2 Å². The number of carbonyl (C=O) groups is 1. The number of rotatable bonds is 3. The predicted octanol–water partition coefficient (Wildman–Crippen LogP) is -0.414. The fraction of sp³-hybridized carbons (Fsp3) is 0.455. The van der Waals surface area contributed by atoms with Gasteiger partial charge in [0.25, 0.3) is 0 Å². The second kappa shape index (κ2) is 5.14. The zero-order valence-corrected chi connectivity index (χ0v) is 11.6. The number of amides is 1. The van der Waals surface area contributed by atoms with E-state index in [1.54, 1.807) is 20.2 Å². The Hall–Kier alpha value is -1.67. The van der Waals surface area contributed by atoms with Crippen LogP contribution in [0.15, 0.2) is 23.2 Å². The van der Waals surface area contributed by atoms with Crippen molar-refractivity contribution in [3.63, 3.8) is 0 Å². The molecule has 2 heterocycles. The monoisotopic (exact) mass is 284 g/mol. The van der Waals surface area contributed by atoms with E-state index in [-0.39, 0.29) is 23.2 Å². The molecule has 0 bridgehead atoms. The van der Waals surface area contributed by atoms with Crippen LogP contribution in [0.2, 0.25) is 0 Å². The second-order valence-corrected chi connectivity index (χ2v) is 6.16. The van der Waals surface area contributed by atoms with E-state index in [4.69, 9.17) is 0 Å². The molecule has 0 saturated carbocycles. The van der Waals surface area contributed by atoms with Crippen molar-refractivity contribution in [2.75, 3.05) is 39.0 Å². The SMILES string of the molecule is CNc1ncccc1S(=O)(=O)N1CCN(C)C(=O)C1. The number of hydrogen-bond acceptors (Lipinski definition) is 5. The van der Waals surface area contributed by atoms with Crippen LogP contribution in [0.3, 0.4) is 0 Å². The molecule has 7 nitrogen and oxygen atoms in total. The summed E-state index contributed by atoms with van der Waals surface area (Å²) in [6, 6.07) is 3.04. The van der Waals surface area contributed by atoms with Crippen molar-refractivity contribution in [3.05, 3.63) is 18.3 Å². The quantitative estimate of drug-likeness (QED) is 0.815. The van der Waals surface area contributed by atoms with Gasteiger partial charge in [-0.3, -0.25) is 4.79 Å². The van der Waals surface area contributed by atoms with Crippen molar-refractivity contribution in [3.8, 4) is 0 Å². The molecule has 0 aromatic carbocycles. The van der Waals surface area contributed by atoms with E-state index in [1.807, 2.05) is 0 Å². The van der Waals surface area contributed by atoms with E-state index in [0.29, 0.717) is 13.1 Å².